The van der Waals surface area contributed by atoms with Gasteiger partial charge in [-0.05, 0) is 0 Å². The van der Waals surface area contributed by atoms with Gasteiger partial charge in [0.05, 0.1) is 0 Å². The van der Waals surface area contributed by atoms with Crippen LogP contribution in [0.4, 0.5) is 0 Å². The van der Waals surface area contributed by atoms with Gasteiger partial charge in [-0.25, -0.2) is 0 Å². The fourth-order valence-corrected chi connectivity index (χ4v) is 0.277. The van der Waals surface area contributed by atoms with Crippen LogP contribution in [0.15, 0.2) is 24.4 Å². The average Bonchev–Trinajstić information content (AvgIpc) is 1.72. The van der Waals surface area contributed by atoms with Gasteiger partial charge >= 0.3 is 0 Å². The van der Waals surface area contributed by atoms with Gasteiger partial charge in [-0.2, -0.15) is 18.2 Å². The van der Waals surface area contributed by atoms with Crippen LogP contribution in [-0.2, 0) is 17.4 Å². The van der Waals surface area contributed by atoms with Crippen molar-refractivity contribution < 1.29 is 17.4 Å². The molecule has 0 unspecified atom stereocenters. The van der Waals surface area contributed by atoms with Crippen molar-refractivity contribution in [3.8, 4) is 0 Å². The van der Waals surface area contributed by atoms with Crippen LogP contribution in [0.25, 0.3) is 0 Å². The molecule has 0 amide bonds. The Morgan fingerprint density at radius 1 is 1.29 bits per heavy atom. The minimum absolute atomic E-state index is 0. The summed E-state index contributed by atoms with van der Waals surface area (Å²) >= 11 is 0. The topological polar surface area (TPSA) is 12.9 Å². The molecule has 0 saturated heterocycles. The summed E-state index contributed by atoms with van der Waals surface area (Å²) in [7, 11) is 0. The molecule has 36 valence electrons. The van der Waals surface area contributed by atoms with E-state index in [0.29, 0.717) is 0 Å². The Morgan fingerprint density at radius 2 is 2.14 bits per heavy atom. The van der Waals surface area contributed by atoms with Crippen molar-refractivity contribution in [1.82, 2.24) is 4.98 Å². The maximum absolute atomic E-state index is 3.66. The zero-order valence-corrected chi connectivity index (χ0v) is 4.94. The summed E-state index contributed by atoms with van der Waals surface area (Å²) in [6.07, 6.45) is 4.34. The fourth-order valence-electron chi connectivity index (χ4n) is 0.277. The van der Waals surface area contributed by atoms with E-state index < -0.39 is 0 Å². The Hall–Kier alpha value is -0.318. The largest absolute Gasteiger partial charge is 0.394 e. The van der Waals surface area contributed by atoms with Crippen LogP contribution in [0, 0.1) is 6.20 Å². The van der Waals surface area contributed by atoms with Crippen LogP contribution in [0.2, 0.25) is 0 Å². The third-order valence-corrected chi connectivity index (χ3v) is 0.517. The van der Waals surface area contributed by atoms with Crippen LogP contribution >= 0.6 is 0 Å². The van der Waals surface area contributed by atoms with Crippen molar-refractivity contribution in [1.29, 1.82) is 0 Å². The molecule has 0 bridgehead atoms. The standard InChI is InChI=1S/C5H4N.Cr/c1-2-4-6-5-3-1;/h1-4H;/q-1;. The fraction of sp³-hybridized carbons (Fsp3) is 0. The summed E-state index contributed by atoms with van der Waals surface area (Å²) in [5.74, 6) is 0. The molecule has 0 spiro atoms. The van der Waals surface area contributed by atoms with E-state index in [1.54, 1.807) is 12.3 Å². The van der Waals surface area contributed by atoms with Gasteiger partial charge in [-0.3, -0.25) is 0 Å². The summed E-state index contributed by atoms with van der Waals surface area (Å²) in [6.45, 7) is 0. The minimum atomic E-state index is 0. The Kier molecular flexibility index (Phi) is 3.68. The van der Waals surface area contributed by atoms with Gasteiger partial charge in [-0.1, -0.05) is 12.4 Å². The van der Waals surface area contributed by atoms with E-state index in [4.69, 9.17) is 0 Å². The maximum atomic E-state index is 3.66. The molecule has 0 atom stereocenters. The van der Waals surface area contributed by atoms with Crippen molar-refractivity contribution in [2.75, 3.05) is 0 Å². The SMILES string of the molecule is [Cr].[c-]1ccccn1. The van der Waals surface area contributed by atoms with Crippen molar-refractivity contribution in [2.24, 2.45) is 0 Å². The first-order valence-corrected chi connectivity index (χ1v) is 1.77. The minimum Gasteiger partial charge on any atom is -0.394 e. The molecule has 0 aliphatic heterocycles. The maximum Gasteiger partial charge on any atom is 0 e. The molecule has 0 aromatic carbocycles. The molecule has 0 N–H and O–H groups in total. The monoisotopic (exact) mass is 130 g/mol. The van der Waals surface area contributed by atoms with Gasteiger partial charge in [0.1, 0.15) is 0 Å². The van der Waals surface area contributed by atoms with Crippen LogP contribution in [-0.4, -0.2) is 4.98 Å². The van der Waals surface area contributed by atoms with Gasteiger partial charge in [0.2, 0.25) is 0 Å². The van der Waals surface area contributed by atoms with Gasteiger partial charge in [0, 0.05) is 17.4 Å². The molecule has 1 rings (SSSR count). The van der Waals surface area contributed by atoms with E-state index in [-0.39, 0.29) is 17.4 Å². The molecular formula is C5H4CrN-. The van der Waals surface area contributed by atoms with E-state index in [0.717, 1.165) is 0 Å². The number of hydrogen-bond donors (Lipinski definition) is 0. The summed E-state index contributed by atoms with van der Waals surface area (Å²) in [4.78, 5) is 3.66. The van der Waals surface area contributed by atoms with E-state index in [9.17, 15) is 0 Å². The summed E-state index contributed by atoms with van der Waals surface area (Å²) in [6, 6.07) is 5.50. The molecular weight excluding hydrogens is 126 g/mol. The molecule has 0 radical (unpaired) electrons. The van der Waals surface area contributed by atoms with Crippen molar-refractivity contribution >= 4 is 0 Å². The molecule has 0 saturated carbocycles. The third-order valence-electron chi connectivity index (χ3n) is 0.517. The van der Waals surface area contributed by atoms with Crippen molar-refractivity contribution in [3.05, 3.63) is 30.6 Å². The molecule has 0 aliphatic carbocycles. The quantitative estimate of drug-likeness (QED) is 0.475. The van der Waals surface area contributed by atoms with Crippen LogP contribution < -0.4 is 0 Å². The third kappa shape index (κ3) is 2.39. The predicted octanol–water partition coefficient (Wildman–Crippen LogP) is 0.879. The normalized spacial score (nSPS) is 6.86. The van der Waals surface area contributed by atoms with Crippen LogP contribution in [0.3, 0.4) is 0 Å². The molecule has 1 aromatic rings. The zero-order chi connectivity index (χ0) is 4.24. The van der Waals surface area contributed by atoms with Crippen LogP contribution in [0.1, 0.15) is 0 Å². The number of hydrogen-bond acceptors (Lipinski definition) is 1. The van der Waals surface area contributed by atoms with Gasteiger partial charge < -0.3 is 4.98 Å². The summed E-state index contributed by atoms with van der Waals surface area (Å²) < 4.78 is 0. The first kappa shape index (κ1) is 6.68. The average molecular weight is 130 g/mol. The molecule has 0 aliphatic rings. The van der Waals surface area contributed by atoms with E-state index >= 15 is 0 Å². The Balaban J connectivity index is 0.000000360. The molecule has 0 fully saturated rings. The van der Waals surface area contributed by atoms with Crippen molar-refractivity contribution in [2.45, 2.75) is 0 Å². The number of rotatable bonds is 0. The summed E-state index contributed by atoms with van der Waals surface area (Å²) in [5, 5.41) is 0. The number of aromatic nitrogens is 1. The Morgan fingerprint density at radius 3 is 2.29 bits per heavy atom. The van der Waals surface area contributed by atoms with Gasteiger partial charge in [-0.15, -0.1) is 0 Å². The second-order valence-corrected chi connectivity index (χ2v) is 0.959. The molecule has 2 heteroatoms. The van der Waals surface area contributed by atoms with Gasteiger partial charge in [0.25, 0.3) is 0 Å². The molecule has 7 heavy (non-hydrogen) atoms. The second kappa shape index (κ2) is 3.86. The van der Waals surface area contributed by atoms with E-state index in [2.05, 4.69) is 11.2 Å². The summed E-state index contributed by atoms with van der Waals surface area (Å²) in [5.41, 5.74) is 0. The Bertz CT molecular complexity index is 80.0. The molecule has 1 aromatic heterocycles. The molecule has 1 heterocycles. The van der Waals surface area contributed by atoms with E-state index in [1.807, 2.05) is 12.1 Å². The smallest absolute Gasteiger partial charge is 0 e. The molecule has 1 nitrogen and oxygen atoms in total. The first-order chi connectivity index (χ1) is 3.00. The van der Waals surface area contributed by atoms with Gasteiger partial charge in [0.15, 0.2) is 0 Å². The van der Waals surface area contributed by atoms with E-state index in [1.165, 1.54) is 0 Å². The Labute approximate surface area is 53.5 Å². The number of pyridine rings is 1. The zero-order valence-electron chi connectivity index (χ0n) is 3.66. The second-order valence-electron chi connectivity index (χ2n) is 0.959. The van der Waals surface area contributed by atoms with Crippen LogP contribution in [0.5, 0.6) is 0 Å². The number of nitrogens with zero attached hydrogens (tertiary/aromatic N) is 1. The van der Waals surface area contributed by atoms with Crippen molar-refractivity contribution in [3.63, 3.8) is 0 Å². The first-order valence-electron chi connectivity index (χ1n) is 1.77. The predicted molar refractivity (Wildman–Crippen MR) is 23.1 cm³/mol.